The van der Waals surface area contributed by atoms with Crippen LogP contribution in [0.4, 0.5) is 5.69 Å². The molecule has 0 atom stereocenters. The fourth-order valence-corrected chi connectivity index (χ4v) is 2.67. The third-order valence-electron chi connectivity index (χ3n) is 3.43. The summed E-state index contributed by atoms with van der Waals surface area (Å²) in [4.78, 5) is 23.8. The molecule has 0 spiro atoms. The SMILES string of the molecule is Cc1c(Cl)cccc1NC(=O)C(=O)NCc1ccc(S(N)(=O)=O)cc1. The van der Waals surface area contributed by atoms with E-state index < -0.39 is 21.8 Å². The van der Waals surface area contributed by atoms with Gasteiger partial charge in [-0.1, -0.05) is 29.8 Å². The van der Waals surface area contributed by atoms with Crippen LogP contribution in [0.2, 0.25) is 5.02 Å². The molecule has 0 heterocycles. The van der Waals surface area contributed by atoms with Crippen molar-refractivity contribution in [2.24, 2.45) is 5.14 Å². The molecular weight excluding hydrogens is 366 g/mol. The zero-order valence-electron chi connectivity index (χ0n) is 13.2. The molecule has 0 saturated carbocycles. The molecule has 0 aromatic heterocycles. The van der Waals surface area contributed by atoms with Crippen LogP contribution in [0.1, 0.15) is 11.1 Å². The molecule has 9 heteroatoms. The van der Waals surface area contributed by atoms with Gasteiger partial charge < -0.3 is 10.6 Å². The number of nitrogens with one attached hydrogen (secondary N) is 2. The lowest BCUT2D eigenvalue weighted by atomic mass is 10.2. The number of halogens is 1. The molecule has 132 valence electrons. The molecule has 0 aliphatic heterocycles. The van der Waals surface area contributed by atoms with Crippen LogP contribution in [0.25, 0.3) is 0 Å². The van der Waals surface area contributed by atoms with Crippen LogP contribution in [0.3, 0.4) is 0 Å². The predicted molar refractivity (Wildman–Crippen MR) is 94.5 cm³/mol. The van der Waals surface area contributed by atoms with Crippen LogP contribution in [0.5, 0.6) is 0 Å². The minimum Gasteiger partial charge on any atom is -0.344 e. The Bertz CT molecular complexity index is 911. The number of primary sulfonamides is 1. The van der Waals surface area contributed by atoms with Crippen LogP contribution in [-0.2, 0) is 26.2 Å². The van der Waals surface area contributed by atoms with Crippen molar-refractivity contribution in [3.05, 3.63) is 58.6 Å². The molecule has 0 unspecified atom stereocenters. The van der Waals surface area contributed by atoms with Gasteiger partial charge in [0.1, 0.15) is 0 Å². The average Bonchev–Trinajstić information content (AvgIpc) is 2.56. The van der Waals surface area contributed by atoms with Crippen LogP contribution in [-0.4, -0.2) is 20.2 Å². The van der Waals surface area contributed by atoms with Gasteiger partial charge in [-0.05, 0) is 42.3 Å². The summed E-state index contributed by atoms with van der Waals surface area (Å²) in [6.07, 6.45) is 0. The van der Waals surface area contributed by atoms with Gasteiger partial charge in [0.2, 0.25) is 10.0 Å². The number of benzene rings is 2. The lowest BCUT2D eigenvalue weighted by molar-refractivity contribution is -0.136. The van der Waals surface area contributed by atoms with Crippen molar-refractivity contribution >= 4 is 39.1 Å². The second-order valence-electron chi connectivity index (χ2n) is 5.24. The number of anilines is 1. The smallest absolute Gasteiger partial charge is 0.313 e. The summed E-state index contributed by atoms with van der Waals surface area (Å²) in [6.45, 7) is 1.79. The molecule has 0 fully saturated rings. The van der Waals surface area contributed by atoms with Crippen molar-refractivity contribution < 1.29 is 18.0 Å². The van der Waals surface area contributed by atoms with E-state index in [9.17, 15) is 18.0 Å². The summed E-state index contributed by atoms with van der Waals surface area (Å²) < 4.78 is 22.3. The number of hydrogen-bond acceptors (Lipinski definition) is 4. The van der Waals surface area contributed by atoms with E-state index >= 15 is 0 Å². The van der Waals surface area contributed by atoms with Crippen molar-refractivity contribution in [1.82, 2.24) is 5.32 Å². The Hall–Kier alpha value is -2.42. The zero-order valence-corrected chi connectivity index (χ0v) is 14.8. The number of nitrogens with two attached hydrogens (primary N) is 1. The number of hydrogen-bond donors (Lipinski definition) is 3. The molecule has 4 N–H and O–H groups in total. The van der Waals surface area contributed by atoms with Crippen molar-refractivity contribution in [1.29, 1.82) is 0 Å². The third-order valence-corrected chi connectivity index (χ3v) is 4.77. The average molecular weight is 382 g/mol. The second-order valence-corrected chi connectivity index (χ2v) is 7.21. The highest BCUT2D eigenvalue weighted by Crippen LogP contribution is 2.22. The third kappa shape index (κ3) is 5.02. The van der Waals surface area contributed by atoms with Gasteiger partial charge in [-0.15, -0.1) is 0 Å². The van der Waals surface area contributed by atoms with Crippen LogP contribution < -0.4 is 15.8 Å². The van der Waals surface area contributed by atoms with Gasteiger partial charge >= 0.3 is 11.8 Å². The van der Waals surface area contributed by atoms with Gasteiger partial charge in [-0.2, -0.15) is 0 Å². The Morgan fingerprint density at radius 3 is 2.32 bits per heavy atom. The molecule has 0 aliphatic carbocycles. The van der Waals surface area contributed by atoms with Crippen LogP contribution in [0.15, 0.2) is 47.4 Å². The minimum atomic E-state index is -3.77. The largest absolute Gasteiger partial charge is 0.344 e. The highest BCUT2D eigenvalue weighted by Gasteiger charge is 2.15. The van der Waals surface area contributed by atoms with Gasteiger partial charge in [0.25, 0.3) is 0 Å². The van der Waals surface area contributed by atoms with Crippen LogP contribution >= 0.6 is 11.6 Å². The summed E-state index contributed by atoms with van der Waals surface area (Å²) in [5.74, 6) is -1.65. The number of sulfonamides is 1. The molecule has 2 rings (SSSR count). The van der Waals surface area contributed by atoms with Gasteiger partial charge in [-0.25, -0.2) is 13.6 Å². The van der Waals surface area contributed by atoms with E-state index in [0.29, 0.717) is 21.8 Å². The number of amides is 2. The molecule has 0 aliphatic rings. The van der Waals surface area contributed by atoms with Crippen molar-refractivity contribution in [3.63, 3.8) is 0 Å². The maximum atomic E-state index is 11.9. The molecule has 2 aromatic carbocycles. The Labute approximate surface area is 150 Å². The topological polar surface area (TPSA) is 118 Å². The van der Waals surface area contributed by atoms with E-state index in [-0.39, 0.29) is 11.4 Å². The Morgan fingerprint density at radius 1 is 1.08 bits per heavy atom. The molecule has 0 saturated heterocycles. The monoisotopic (exact) mass is 381 g/mol. The molecule has 2 amide bonds. The fourth-order valence-electron chi connectivity index (χ4n) is 1.98. The Kier molecular flexibility index (Phi) is 5.78. The Morgan fingerprint density at radius 2 is 1.72 bits per heavy atom. The quantitative estimate of drug-likeness (QED) is 0.696. The normalized spacial score (nSPS) is 11.0. The van der Waals surface area contributed by atoms with E-state index in [4.69, 9.17) is 16.7 Å². The summed E-state index contributed by atoms with van der Waals surface area (Å²) in [6, 6.07) is 10.6. The number of rotatable bonds is 4. The minimum absolute atomic E-state index is 0.0308. The predicted octanol–water partition coefficient (Wildman–Crippen LogP) is 1.55. The maximum Gasteiger partial charge on any atom is 0.313 e. The molecule has 7 nitrogen and oxygen atoms in total. The van der Waals surface area contributed by atoms with E-state index in [0.717, 1.165) is 0 Å². The van der Waals surface area contributed by atoms with Gasteiger partial charge in [-0.3, -0.25) is 9.59 Å². The first-order valence-corrected chi connectivity index (χ1v) is 9.07. The molecular formula is C16H16ClN3O4S. The highest BCUT2D eigenvalue weighted by atomic mass is 35.5. The van der Waals surface area contributed by atoms with Crippen LogP contribution in [0, 0.1) is 6.92 Å². The molecule has 0 radical (unpaired) electrons. The maximum absolute atomic E-state index is 11.9. The molecule has 2 aromatic rings. The first-order valence-electron chi connectivity index (χ1n) is 7.14. The van der Waals surface area contributed by atoms with Crippen molar-refractivity contribution in [2.75, 3.05) is 5.32 Å². The van der Waals surface area contributed by atoms with E-state index in [2.05, 4.69) is 10.6 Å². The van der Waals surface area contributed by atoms with Gasteiger partial charge in [0.05, 0.1) is 4.90 Å². The van der Waals surface area contributed by atoms with E-state index in [1.165, 1.54) is 24.3 Å². The number of carbonyl (C=O) groups excluding carboxylic acids is 2. The van der Waals surface area contributed by atoms with Gasteiger partial charge in [0.15, 0.2) is 0 Å². The van der Waals surface area contributed by atoms with E-state index in [1.54, 1.807) is 25.1 Å². The van der Waals surface area contributed by atoms with Gasteiger partial charge in [0, 0.05) is 17.3 Å². The first kappa shape index (κ1) is 18.9. The highest BCUT2D eigenvalue weighted by molar-refractivity contribution is 7.89. The lowest BCUT2D eigenvalue weighted by Crippen LogP contribution is -2.35. The lowest BCUT2D eigenvalue weighted by Gasteiger charge is -2.10. The summed E-state index contributed by atoms with van der Waals surface area (Å²) >= 11 is 5.96. The Balaban J connectivity index is 1.95. The standard InChI is InChI=1S/C16H16ClN3O4S/c1-10-13(17)3-2-4-14(10)20-16(22)15(21)19-9-11-5-7-12(8-6-11)25(18,23)24/h2-8H,9H2,1H3,(H,19,21)(H,20,22)(H2,18,23,24). The summed E-state index contributed by atoms with van der Waals surface area (Å²) in [7, 11) is -3.77. The number of carbonyl (C=O) groups is 2. The zero-order chi connectivity index (χ0) is 18.6. The summed E-state index contributed by atoms with van der Waals surface area (Å²) in [5, 5.41) is 10.4. The molecule has 0 bridgehead atoms. The first-order chi connectivity index (χ1) is 11.7. The van der Waals surface area contributed by atoms with Crippen molar-refractivity contribution in [2.45, 2.75) is 18.4 Å². The van der Waals surface area contributed by atoms with E-state index in [1.807, 2.05) is 0 Å². The van der Waals surface area contributed by atoms with Crippen molar-refractivity contribution in [3.8, 4) is 0 Å². The summed E-state index contributed by atoms with van der Waals surface area (Å²) in [5.41, 5.74) is 1.72. The molecule has 25 heavy (non-hydrogen) atoms. The second kappa shape index (κ2) is 7.64. The fraction of sp³-hybridized carbons (Fsp3) is 0.125.